The van der Waals surface area contributed by atoms with E-state index in [2.05, 4.69) is 21.8 Å². The zero-order chi connectivity index (χ0) is 22.3. The molecule has 0 bridgehead atoms. The largest absolute Gasteiger partial charge is 0.480 e. The van der Waals surface area contributed by atoms with E-state index in [-0.39, 0.29) is 0 Å². The summed E-state index contributed by atoms with van der Waals surface area (Å²) in [4.78, 5) is 16.8. The van der Waals surface area contributed by atoms with Gasteiger partial charge in [-0.05, 0) is 30.5 Å². The number of unbranched alkanes of at least 4 members (excludes halogenated alkanes) is 1. The van der Waals surface area contributed by atoms with E-state index in [4.69, 9.17) is 11.6 Å². The topological polar surface area (TPSA) is 67.2 Å². The number of nitrogens with one attached hydrogen (secondary N) is 1. The highest BCUT2D eigenvalue weighted by Gasteiger charge is 2.33. The van der Waals surface area contributed by atoms with Crippen LogP contribution < -0.4 is 5.32 Å². The summed E-state index contributed by atoms with van der Waals surface area (Å²) in [5.41, 5.74) is 1.86. The lowest BCUT2D eigenvalue weighted by molar-refractivity contribution is -0.144. The SMILES string of the molecule is CCCCc1ncc(CN[C@@](C)(Cc2ccccc2)C(=O)O)n1Cc1ccccc1Cl. The average Bonchev–Trinajstić information content (AvgIpc) is 3.14. The molecule has 0 unspecified atom stereocenters. The number of halogens is 1. The summed E-state index contributed by atoms with van der Waals surface area (Å²) < 4.78 is 2.16. The summed E-state index contributed by atoms with van der Waals surface area (Å²) in [7, 11) is 0. The van der Waals surface area contributed by atoms with Crippen LogP contribution in [0.2, 0.25) is 5.02 Å². The van der Waals surface area contributed by atoms with Crippen molar-refractivity contribution in [2.45, 2.75) is 58.2 Å². The van der Waals surface area contributed by atoms with E-state index in [1.165, 1.54) is 0 Å². The molecular formula is C25H30ClN3O2. The number of nitrogens with zero attached hydrogens (tertiary/aromatic N) is 2. The average molecular weight is 440 g/mol. The Balaban J connectivity index is 1.83. The summed E-state index contributed by atoms with van der Waals surface area (Å²) in [6, 6.07) is 17.5. The van der Waals surface area contributed by atoms with Crippen molar-refractivity contribution in [1.82, 2.24) is 14.9 Å². The van der Waals surface area contributed by atoms with Crippen molar-refractivity contribution in [3.63, 3.8) is 0 Å². The highest BCUT2D eigenvalue weighted by molar-refractivity contribution is 6.31. The summed E-state index contributed by atoms with van der Waals surface area (Å²) in [5.74, 6) is 0.124. The Kier molecular flexibility index (Phi) is 7.88. The van der Waals surface area contributed by atoms with Crippen LogP contribution in [0.1, 0.15) is 49.3 Å². The van der Waals surface area contributed by atoms with Gasteiger partial charge in [0.05, 0.1) is 12.2 Å². The van der Waals surface area contributed by atoms with Gasteiger partial charge in [0.1, 0.15) is 11.4 Å². The van der Waals surface area contributed by atoms with Crippen molar-refractivity contribution >= 4 is 17.6 Å². The molecule has 5 nitrogen and oxygen atoms in total. The van der Waals surface area contributed by atoms with Crippen molar-refractivity contribution in [2.24, 2.45) is 0 Å². The summed E-state index contributed by atoms with van der Waals surface area (Å²) >= 11 is 6.40. The molecule has 0 fully saturated rings. The molecule has 0 aliphatic heterocycles. The Labute approximate surface area is 189 Å². The number of hydrogen-bond donors (Lipinski definition) is 2. The van der Waals surface area contributed by atoms with Gasteiger partial charge in [-0.1, -0.05) is 73.5 Å². The van der Waals surface area contributed by atoms with Gasteiger partial charge in [0.25, 0.3) is 0 Å². The summed E-state index contributed by atoms with van der Waals surface area (Å²) in [5, 5.41) is 13.9. The van der Waals surface area contributed by atoms with Crippen LogP contribution in [0.3, 0.4) is 0 Å². The van der Waals surface area contributed by atoms with Gasteiger partial charge in [0, 0.05) is 30.6 Å². The van der Waals surface area contributed by atoms with Gasteiger partial charge in [-0.2, -0.15) is 0 Å². The molecule has 2 N–H and O–H groups in total. The Morgan fingerprint density at radius 2 is 1.87 bits per heavy atom. The number of benzene rings is 2. The molecule has 1 atom stereocenters. The number of aryl methyl sites for hydroxylation is 1. The number of rotatable bonds is 11. The molecule has 31 heavy (non-hydrogen) atoms. The number of imidazole rings is 1. The molecule has 1 heterocycles. The molecule has 3 aromatic rings. The van der Waals surface area contributed by atoms with Gasteiger partial charge < -0.3 is 9.67 Å². The van der Waals surface area contributed by atoms with Crippen molar-refractivity contribution in [3.8, 4) is 0 Å². The van der Waals surface area contributed by atoms with E-state index in [1.807, 2.05) is 60.8 Å². The molecule has 1 aromatic heterocycles. The quantitative estimate of drug-likeness (QED) is 0.436. The smallest absolute Gasteiger partial charge is 0.323 e. The van der Waals surface area contributed by atoms with Crippen LogP contribution in [0.15, 0.2) is 60.8 Å². The first-order valence-corrected chi connectivity index (χ1v) is 11.1. The zero-order valence-electron chi connectivity index (χ0n) is 18.1. The van der Waals surface area contributed by atoms with Gasteiger partial charge in [0.15, 0.2) is 0 Å². The second kappa shape index (κ2) is 10.6. The normalized spacial score (nSPS) is 13.1. The molecule has 0 aliphatic rings. The van der Waals surface area contributed by atoms with Crippen LogP contribution in [0.25, 0.3) is 0 Å². The fraction of sp³-hybridized carbons (Fsp3) is 0.360. The maximum absolute atomic E-state index is 12.1. The number of aliphatic carboxylic acids is 1. The van der Waals surface area contributed by atoms with Gasteiger partial charge in [-0.25, -0.2) is 4.98 Å². The van der Waals surface area contributed by atoms with Crippen LogP contribution in [0, 0.1) is 0 Å². The zero-order valence-corrected chi connectivity index (χ0v) is 18.9. The molecule has 0 amide bonds. The lowest BCUT2D eigenvalue weighted by Gasteiger charge is -2.27. The van der Waals surface area contributed by atoms with Crippen LogP contribution in [-0.2, 0) is 30.7 Å². The molecule has 0 spiro atoms. The minimum atomic E-state index is -1.09. The van der Waals surface area contributed by atoms with Crippen molar-refractivity contribution in [1.29, 1.82) is 0 Å². The fourth-order valence-electron chi connectivity index (χ4n) is 3.62. The van der Waals surface area contributed by atoms with Gasteiger partial charge in [0.2, 0.25) is 0 Å². The maximum atomic E-state index is 12.1. The van der Waals surface area contributed by atoms with Gasteiger partial charge in [-0.15, -0.1) is 0 Å². The Bertz CT molecular complexity index is 1000. The predicted molar refractivity (Wildman–Crippen MR) is 124 cm³/mol. The van der Waals surface area contributed by atoms with E-state index in [0.29, 0.717) is 19.5 Å². The third-order valence-electron chi connectivity index (χ3n) is 5.59. The van der Waals surface area contributed by atoms with Crippen LogP contribution in [0.5, 0.6) is 0 Å². The van der Waals surface area contributed by atoms with Crippen LogP contribution >= 0.6 is 11.6 Å². The first kappa shape index (κ1) is 23.0. The van der Waals surface area contributed by atoms with Gasteiger partial charge in [-0.3, -0.25) is 10.1 Å². The predicted octanol–water partition coefficient (Wildman–Crippen LogP) is 5.10. The van der Waals surface area contributed by atoms with E-state index in [9.17, 15) is 9.90 Å². The first-order chi connectivity index (χ1) is 14.9. The van der Waals surface area contributed by atoms with E-state index in [0.717, 1.165) is 46.9 Å². The minimum absolute atomic E-state index is 0.393. The number of carboxylic acids is 1. The lowest BCUT2D eigenvalue weighted by Crippen LogP contribution is -2.51. The monoisotopic (exact) mass is 439 g/mol. The van der Waals surface area contributed by atoms with Crippen LogP contribution in [0.4, 0.5) is 0 Å². The minimum Gasteiger partial charge on any atom is -0.480 e. The lowest BCUT2D eigenvalue weighted by atomic mass is 9.92. The molecule has 0 saturated heterocycles. The van der Waals surface area contributed by atoms with Crippen molar-refractivity contribution < 1.29 is 9.90 Å². The number of aromatic nitrogens is 2. The van der Waals surface area contributed by atoms with E-state index >= 15 is 0 Å². The molecular weight excluding hydrogens is 410 g/mol. The van der Waals surface area contributed by atoms with Gasteiger partial charge >= 0.3 is 5.97 Å². The molecule has 164 valence electrons. The van der Waals surface area contributed by atoms with Crippen molar-refractivity contribution in [3.05, 3.63) is 88.5 Å². The highest BCUT2D eigenvalue weighted by Crippen LogP contribution is 2.20. The highest BCUT2D eigenvalue weighted by atomic mass is 35.5. The second-order valence-electron chi connectivity index (χ2n) is 8.10. The Morgan fingerprint density at radius 1 is 1.16 bits per heavy atom. The first-order valence-electron chi connectivity index (χ1n) is 10.7. The maximum Gasteiger partial charge on any atom is 0.323 e. The Hall–Kier alpha value is -2.63. The molecule has 2 aromatic carbocycles. The second-order valence-corrected chi connectivity index (χ2v) is 8.51. The van der Waals surface area contributed by atoms with E-state index < -0.39 is 11.5 Å². The molecule has 0 radical (unpaired) electrons. The fourth-order valence-corrected chi connectivity index (χ4v) is 3.82. The standard InChI is InChI=1S/C25H30ClN3O2/c1-3-4-14-23-27-16-21(29(23)18-20-12-8-9-13-22(20)26)17-28-25(2,24(30)31)15-19-10-6-5-7-11-19/h5-13,16,28H,3-4,14-15,17-18H2,1-2H3,(H,30,31)/t25-/m0/s1. The third kappa shape index (κ3) is 5.96. The third-order valence-corrected chi connectivity index (χ3v) is 5.96. The summed E-state index contributed by atoms with van der Waals surface area (Å²) in [6.07, 6.45) is 5.25. The number of carboxylic acid groups (broad SMARTS) is 1. The van der Waals surface area contributed by atoms with E-state index in [1.54, 1.807) is 6.92 Å². The summed E-state index contributed by atoms with van der Waals surface area (Å²) in [6.45, 7) is 4.90. The number of hydrogen-bond acceptors (Lipinski definition) is 3. The van der Waals surface area contributed by atoms with Crippen LogP contribution in [-0.4, -0.2) is 26.2 Å². The Morgan fingerprint density at radius 3 is 2.55 bits per heavy atom. The van der Waals surface area contributed by atoms with Crippen molar-refractivity contribution in [2.75, 3.05) is 0 Å². The molecule has 0 saturated carbocycles. The number of carbonyl (C=O) groups is 1. The molecule has 6 heteroatoms. The molecule has 3 rings (SSSR count). The molecule has 0 aliphatic carbocycles.